The maximum atomic E-state index is 10.6. The lowest BCUT2D eigenvalue weighted by molar-refractivity contribution is -0.384. The van der Waals surface area contributed by atoms with Crippen LogP contribution in [0.4, 0.5) is 5.69 Å². The van der Waals surface area contributed by atoms with Gasteiger partial charge in [-0.1, -0.05) is 12.1 Å². The number of rotatable bonds is 3. The number of nitrogens with zero attached hydrogens (tertiary/aromatic N) is 5. The molecule has 0 saturated carbocycles. The highest BCUT2D eigenvalue weighted by Crippen LogP contribution is 2.11. The van der Waals surface area contributed by atoms with E-state index in [1.54, 1.807) is 25.3 Å². The molecule has 2 aromatic rings. The van der Waals surface area contributed by atoms with Gasteiger partial charge >= 0.3 is 0 Å². The molecular formula is C11H9N5O2S. The summed E-state index contributed by atoms with van der Waals surface area (Å²) >= 11 is 4.96. The average Bonchev–Trinajstić information content (AvgIpc) is 2.40. The van der Waals surface area contributed by atoms with Crippen molar-refractivity contribution in [2.45, 2.75) is 6.92 Å². The predicted octanol–water partition coefficient (Wildman–Crippen LogP) is 2.11. The van der Waals surface area contributed by atoms with E-state index in [0.29, 0.717) is 11.3 Å². The average molecular weight is 275 g/mol. The summed E-state index contributed by atoms with van der Waals surface area (Å²) in [6.45, 7) is 1.77. The van der Waals surface area contributed by atoms with Crippen LogP contribution in [0.15, 0.2) is 35.6 Å². The minimum atomic E-state index is -0.457. The number of hydrogen-bond donors (Lipinski definition) is 0. The van der Waals surface area contributed by atoms with Gasteiger partial charge in [0, 0.05) is 17.7 Å². The summed E-state index contributed by atoms with van der Waals surface area (Å²) in [5.41, 5.74) is 1.28. The molecule has 0 bridgehead atoms. The Morgan fingerprint density at radius 1 is 1.47 bits per heavy atom. The zero-order chi connectivity index (χ0) is 13.8. The normalized spacial score (nSPS) is 10.8. The molecule has 0 N–H and O–H groups in total. The lowest BCUT2D eigenvalue weighted by Gasteiger charge is -1.99. The fraction of sp³-hybridized carbons (Fsp3) is 0.0909. The smallest absolute Gasteiger partial charge is 0.258 e. The first kappa shape index (κ1) is 13.0. The third kappa shape index (κ3) is 3.26. The van der Waals surface area contributed by atoms with Crippen molar-refractivity contribution in [2.24, 2.45) is 5.10 Å². The molecule has 1 aromatic carbocycles. The highest BCUT2D eigenvalue weighted by Gasteiger charge is 2.03. The molecule has 0 atom stereocenters. The van der Waals surface area contributed by atoms with Crippen LogP contribution in [-0.4, -0.2) is 26.0 Å². The van der Waals surface area contributed by atoms with Crippen LogP contribution in [-0.2, 0) is 0 Å². The second kappa shape index (κ2) is 5.44. The summed E-state index contributed by atoms with van der Waals surface area (Å²) in [7, 11) is 0. The van der Waals surface area contributed by atoms with Crippen LogP contribution >= 0.6 is 12.2 Å². The lowest BCUT2D eigenvalue weighted by Crippen LogP contribution is -2.00. The van der Waals surface area contributed by atoms with Gasteiger partial charge < -0.3 is 0 Å². The summed E-state index contributed by atoms with van der Waals surface area (Å²) in [5, 5.41) is 22.3. The Hall–Kier alpha value is -2.48. The molecule has 0 aliphatic carbocycles. The van der Waals surface area contributed by atoms with Gasteiger partial charge in [-0.05, 0) is 19.1 Å². The number of nitro groups is 1. The predicted molar refractivity (Wildman–Crippen MR) is 71.7 cm³/mol. The maximum absolute atomic E-state index is 10.6. The minimum absolute atomic E-state index is 0.0107. The van der Waals surface area contributed by atoms with Crippen molar-refractivity contribution >= 4 is 24.1 Å². The number of hydrogen-bond acceptors (Lipinski definition) is 6. The Labute approximate surface area is 113 Å². The molecule has 1 aromatic heterocycles. The standard InChI is InChI=1S/C11H9N5O2S/c1-8-7-15(11(19)14-13-8)12-6-9-3-2-4-10(5-9)16(17)18/h2-7H,1H3/b12-6+. The topological polar surface area (TPSA) is 86.2 Å². The summed E-state index contributed by atoms with van der Waals surface area (Å²) in [5.74, 6) is 0. The maximum Gasteiger partial charge on any atom is 0.270 e. The van der Waals surface area contributed by atoms with Gasteiger partial charge in [-0.15, -0.1) is 5.10 Å². The number of aromatic nitrogens is 3. The van der Waals surface area contributed by atoms with Gasteiger partial charge in [-0.3, -0.25) is 10.1 Å². The number of non-ortho nitro benzene ring substituents is 1. The number of nitro benzene ring substituents is 1. The van der Waals surface area contributed by atoms with Gasteiger partial charge in [0.2, 0.25) is 4.77 Å². The van der Waals surface area contributed by atoms with Gasteiger partial charge in [0.15, 0.2) is 0 Å². The summed E-state index contributed by atoms with van der Waals surface area (Å²) in [4.78, 5) is 10.2. The van der Waals surface area contributed by atoms with Crippen molar-refractivity contribution in [3.05, 3.63) is 56.6 Å². The molecule has 0 saturated heterocycles. The molecule has 0 fully saturated rings. The van der Waals surface area contributed by atoms with Crippen LogP contribution in [0.2, 0.25) is 0 Å². The molecule has 0 amide bonds. The van der Waals surface area contributed by atoms with E-state index < -0.39 is 4.92 Å². The monoisotopic (exact) mass is 275 g/mol. The van der Waals surface area contributed by atoms with Crippen LogP contribution in [0, 0.1) is 21.8 Å². The second-order valence-corrected chi connectivity index (χ2v) is 4.06. The molecule has 0 spiro atoms. The van der Waals surface area contributed by atoms with Crippen molar-refractivity contribution in [1.29, 1.82) is 0 Å². The van der Waals surface area contributed by atoms with Crippen molar-refractivity contribution < 1.29 is 4.92 Å². The zero-order valence-corrected chi connectivity index (χ0v) is 10.7. The molecule has 2 rings (SSSR count). The highest BCUT2D eigenvalue weighted by molar-refractivity contribution is 7.71. The lowest BCUT2D eigenvalue weighted by atomic mass is 10.2. The molecule has 0 radical (unpaired) electrons. The largest absolute Gasteiger partial charge is 0.270 e. The molecule has 0 aliphatic heterocycles. The Morgan fingerprint density at radius 2 is 2.26 bits per heavy atom. The second-order valence-electron chi connectivity index (χ2n) is 3.69. The Kier molecular flexibility index (Phi) is 3.71. The molecule has 19 heavy (non-hydrogen) atoms. The quantitative estimate of drug-likeness (QED) is 0.370. The van der Waals surface area contributed by atoms with Crippen LogP contribution in [0.25, 0.3) is 0 Å². The fourth-order valence-electron chi connectivity index (χ4n) is 1.36. The van der Waals surface area contributed by atoms with E-state index in [4.69, 9.17) is 12.2 Å². The zero-order valence-electron chi connectivity index (χ0n) is 9.92. The number of aryl methyl sites for hydroxylation is 1. The Balaban J connectivity index is 2.32. The van der Waals surface area contributed by atoms with E-state index in [9.17, 15) is 10.1 Å². The van der Waals surface area contributed by atoms with E-state index in [1.165, 1.54) is 23.0 Å². The van der Waals surface area contributed by atoms with Crippen LogP contribution in [0.1, 0.15) is 11.3 Å². The number of benzene rings is 1. The summed E-state index contributed by atoms with van der Waals surface area (Å²) < 4.78 is 1.60. The molecule has 0 aliphatic rings. The third-order valence-electron chi connectivity index (χ3n) is 2.21. The molecule has 0 unspecified atom stereocenters. The first-order valence-electron chi connectivity index (χ1n) is 5.28. The van der Waals surface area contributed by atoms with E-state index in [-0.39, 0.29) is 10.5 Å². The van der Waals surface area contributed by atoms with Crippen LogP contribution in [0.3, 0.4) is 0 Å². The molecular weight excluding hydrogens is 266 g/mol. The van der Waals surface area contributed by atoms with Crippen LogP contribution in [0.5, 0.6) is 0 Å². The highest BCUT2D eigenvalue weighted by atomic mass is 32.1. The molecule has 96 valence electrons. The first-order valence-corrected chi connectivity index (χ1v) is 5.69. The minimum Gasteiger partial charge on any atom is -0.258 e. The van der Waals surface area contributed by atoms with Gasteiger partial charge in [0.1, 0.15) is 0 Å². The molecule has 7 nitrogen and oxygen atoms in total. The van der Waals surface area contributed by atoms with Gasteiger partial charge in [0.25, 0.3) is 5.69 Å². The van der Waals surface area contributed by atoms with Crippen molar-refractivity contribution in [3.8, 4) is 0 Å². The van der Waals surface area contributed by atoms with Crippen LogP contribution < -0.4 is 0 Å². The molecule has 8 heteroatoms. The molecule has 1 heterocycles. The summed E-state index contributed by atoms with van der Waals surface area (Å²) in [6, 6.07) is 6.14. The third-order valence-corrected chi connectivity index (χ3v) is 2.48. The van der Waals surface area contributed by atoms with E-state index >= 15 is 0 Å². The van der Waals surface area contributed by atoms with Crippen molar-refractivity contribution in [3.63, 3.8) is 0 Å². The SMILES string of the molecule is Cc1cn(/N=C/c2cccc([N+](=O)[O-])c2)c(=S)nn1. The van der Waals surface area contributed by atoms with E-state index in [1.807, 2.05) is 0 Å². The first-order chi connectivity index (χ1) is 9.06. The van der Waals surface area contributed by atoms with Gasteiger partial charge in [-0.25, -0.2) is 4.68 Å². The van der Waals surface area contributed by atoms with E-state index in [0.717, 1.165) is 0 Å². The van der Waals surface area contributed by atoms with E-state index in [2.05, 4.69) is 15.3 Å². The Bertz CT molecular complexity index is 710. The van der Waals surface area contributed by atoms with Gasteiger partial charge in [0.05, 0.1) is 23.0 Å². The van der Waals surface area contributed by atoms with Crippen molar-refractivity contribution in [2.75, 3.05) is 0 Å². The Morgan fingerprint density at radius 3 is 3.00 bits per heavy atom. The van der Waals surface area contributed by atoms with Gasteiger partial charge in [-0.2, -0.15) is 10.2 Å². The summed E-state index contributed by atoms with van der Waals surface area (Å²) in [6.07, 6.45) is 3.10. The van der Waals surface area contributed by atoms with Crippen molar-refractivity contribution in [1.82, 2.24) is 14.9 Å². The fourth-order valence-corrected chi connectivity index (χ4v) is 1.50.